The zero-order valence-electron chi connectivity index (χ0n) is 11.4. The Morgan fingerprint density at radius 3 is 2.70 bits per heavy atom. The van der Waals surface area contributed by atoms with E-state index >= 15 is 0 Å². The van der Waals surface area contributed by atoms with E-state index in [1.165, 1.54) is 11.3 Å². The second-order valence-corrected chi connectivity index (χ2v) is 5.54. The summed E-state index contributed by atoms with van der Waals surface area (Å²) in [4.78, 5) is 17.6. The summed E-state index contributed by atoms with van der Waals surface area (Å²) >= 11 is 1.44. The molecule has 0 bridgehead atoms. The second kappa shape index (κ2) is 6.31. The largest absolute Gasteiger partial charge is 0.301 e. The molecule has 1 N–H and O–H groups in total. The lowest BCUT2D eigenvalue weighted by Crippen LogP contribution is -2.19. The maximum Gasteiger partial charge on any atom is 0.248 e. The number of thiazole rings is 1. The highest BCUT2D eigenvalue weighted by Gasteiger charge is 2.21. The SMILES string of the molecule is CCc1nc(NC(=O)C(C#N)c2ccccc2)sc1C. The van der Waals surface area contributed by atoms with Gasteiger partial charge in [0.15, 0.2) is 11.0 Å². The second-order valence-electron chi connectivity index (χ2n) is 4.34. The first-order valence-electron chi connectivity index (χ1n) is 6.37. The van der Waals surface area contributed by atoms with Crippen molar-refractivity contribution in [2.24, 2.45) is 0 Å². The van der Waals surface area contributed by atoms with Crippen LogP contribution >= 0.6 is 11.3 Å². The van der Waals surface area contributed by atoms with Crippen LogP contribution in [0.25, 0.3) is 0 Å². The Kier molecular flexibility index (Phi) is 4.49. The van der Waals surface area contributed by atoms with E-state index in [2.05, 4.69) is 10.3 Å². The molecule has 5 heteroatoms. The van der Waals surface area contributed by atoms with E-state index in [9.17, 15) is 10.1 Å². The smallest absolute Gasteiger partial charge is 0.248 e. The topological polar surface area (TPSA) is 65.8 Å². The number of nitriles is 1. The van der Waals surface area contributed by atoms with Gasteiger partial charge in [-0.2, -0.15) is 5.26 Å². The molecule has 1 heterocycles. The van der Waals surface area contributed by atoms with Crippen LogP contribution in [-0.2, 0) is 11.2 Å². The molecular formula is C15H15N3OS. The number of aromatic nitrogens is 1. The van der Waals surface area contributed by atoms with Crippen molar-refractivity contribution in [2.45, 2.75) is 26.2 Å². The number of nitrogens with zero attached hydrogens (tertiary/aromatic N) is 2. The summed E-state index contributed by atoms with van der Waals surface area (Å²) in [5, 5.41) is 12.5. The molecule has 0 fully saturated rings. The van der Waals surface area contributed by atoms with Crippen molar-refractivity contribution < 1.29 is 4.79 Å². The zero-order chi connectivity index (χ0) is 14.5. The lowest BCUT2D eigenvalue weighted by Gasteiger charge is -2.08. The highest BCUT2D eigenvalue weighted by atomic mass is 32.1. The summed E-state index contributed by atoms with van der Waals surface area (Å²) in [7, 11) is 0. The predicted molar refractivity (Wildman–Crippen MR) is 79.7 cm³/mol. The summed E-state index contributed by atoms with van der Waals surface area (Å²) in [6.45, 7) is 4.00. The Bertz CT molecular complexity index is 643. The molecule has 0 spiro atoms. The Morgan fingerprint density at radius 2 is 2.15 bits per heavy atom. The maximum absolute atomic E-state index is 12.2. The number of carbonyl (C=O) groups excluding carboxylic acids is 1. The van der Waals surface area contributed by atoms with Crippen molar-refractivity contribution in [3.8, 4) is 6.07 Å². The van der Waals surface area contributed by atoms with Gasteiger partial charge in [0.2, 0.25) is 5.91 Å². The van der Waals surface area contributed by atoms with E-state index < -0.39 is 5.92 Å². The predicted octanol–water partition coefficient (Wildman–Crippen LogP) is 3.26. The van der Waals surface area contributed by atoms with Crippen LogP contribution < -0.4 is 5.32 Å². The normalized spacial score (nSPS) is 11.7. The van der Waals surface area contributed by atoms with Gasteiger partial charge >= 0.3 is 0 Å². The van der Waals surface area contributed by atoms with Gasteiger partial charge in [-0.05, 0) is 18.9 Å². The molecule has 102 valence electrons. The van der Waals surface area contributed by atoms with Gasteiger partial charge in [-0.15, -0.1) is 11.3 Å². The van der Waals surface area contributed by atoms with Gasteiger partial charge < -0.3 is 5.32 Å². The first-order chi connectivity index (χ1) is 9.65. The van der Waals surface area contributed by atoms with Crippen molar-refractivity contribution in [3.05, 3.63) is 46.5 Å². The number of nitrogens with one attached hydrogen (secondary N) is 1. The molecular weight excluding hydrogens is 270 g/mol. The minimum absolute atomic E-state index is 0.338. The third kappa shape index (κ3) is 3.03. The lowest BCUT2D eigenvalue weighted by molar-refractivity contribution is -0.116. The monoisotopic (exact) mass is 285 g/mol. The van der Waals surface area contributed by atoms with Crippen molar-refractivity contribution in [2.75, 3.05) is 5.32 Å². The van der Waals surface area contributed by atoms with E-state index in [0.717, 1.165) is 17.0 Å². The van der Waals surface area contributed by atoms with E-state index in [1.807, 2.05) is 38.1 Å². The Morgan fingerprint density at radius 1 is 1.45 bits per heavy atom. The molecule has 4 nitrogen and oxygen atoms in total. The van der Waals surface area contributed by atoms with Crippen molar-refractivity contribution in [1.29, 1.82) is 5.26 Å². The molecule has 2 aromatic rings. The van der Waals surface area contributed by atoms with E-state index in [4.69, 9.17) is 0 Å². The fraction of sp³-hybridized carbons (Fsp3) is 0.267. The lowest BCUT2D eigenvalue weighted by atomic mass is 10.0. The summed E-state index contributed by atoms with van der Waals surface area (Å²) in [6.07, 6.45) is 0.832. The molecule has 0 aliphatic rings. The van der Waals surface area contributed by atoms with Crippen molar-refractivity contribution in [3.63, 3.8) is 0 Å². The van der Waals surface area contributed by atoms with Crippen LogP contribution in [0.3, 0.4) is 0 Å². The summed E-state index contributed by atoms with van der Waals surface area (Å²) in [5.41, 5.74) is 1.68. The maximum atomic E-state index is 12.2. The third-order valence-electron chi connectivity index (χ3n) is 2.98. The number of benzene rings is 1. The molecule has 2 rings (SSSR count). The summed E-state index contributed by atoms with van der Waals surface area (Å²) in [5.74, 6) is -1.15. The van der Waals surface area contributed by atoms with Crippen molar-refractivity contribution >= 4 is 22.4 Å². The quantitative estimate of drug-likeness (QED) is 0.937. The fourth-order valence-electron chi connectivity index (χ4n) is 1.92. The van der Waals surface area contributed by atoms with E-state index in [1.54, 1.807) is 12.1 Å². The van der Waals surface area contributed by atoms with Crippen molar-refractivity contribution in [1.82, 2.24) is 4.98 Å². The number of anilines is 1. The molecule has 0 aliphatic carbocycles. The fourth-order valence-corrected chi connectivity index (χ4v) is 2.82. The van der Waals surface area contributed by atoms with E-state index in [0.29, 0.717) is 10.7 Å². The molecule has 1 unspecified atom stereocenters. The van der Waals surface area contributed by atoms with Gasteiger partial charge in [0.25, 0.3) is 0 Å². The summed E-state index contributed by atoms with van der Waals surface area (Å²) < 4.78 is 0. The van der Waals surface area contributed by atoms with Gasteiger partial charge in [0.1, 0.15) is 0 Å². The van der Waals surface area contributed by atoms with Gasteiger partial charge in [-0.25, -0.2) is 4.98 Å². The first kappa shape index (κ1) is 14.2. The van der Waals surface area contributed by atoms with Crippen LogP contribution in [0, 0.1) is 18.3 Å². The standard InChI is InChI=1S/C15H15N3OS/c1-3-13-10(2)20-15(17-13)18-14(19)12(9-16)11-7-5-4-6-8-11/h4-8,12H,3H2,1-2H3,(H,17,18,19). The Hall–Kier alpha value is -2.19. The third-order valence-corrected chi connectivity index (χ3v) is 3.91. The number of carbonyl (C=O) groups is 1. The van der Waals surface area contributed by atoms with Crippen LogP contribution in [0.1, 0.15) is 29.0 Å². The van der Waals surface area contributed by atoms with Gasteiger partial charge in [0, 0.05) is 4.88 Å². The Labute approximate surface area is 122 Å². The molecule has 1 amide bonds. The minimum atomic E-state index is -0.814. The molecule has 1 aromatic carbocycles. The van der Waals surface area contributed by atoms with Gasteiger partial charge in [-0.1, -0.05) is 37.3 Å². The highest BCUT2D eigenvalue weighted by molar-refractivity contribution is 7.15. The highest BCUT2D eigenvalue weighted by Crippen LogP contribution is 2.24. The van der Waals surface area contributed by atoms with Gasteiger partial charge in [-0.3, -0.25) is 4.79 Å². The number of amides is 1. The van der Waals surface area contributed by atoms with Crippen LogP contribution in [0.5, 0.6) is 0 Å². The molecule has 0 radical (unpaired) electrons. The molecule has 0 saturated heterocycles. The number of hydrogen-bond donors (Lipinski definition) is 1. The van der Waals surface area contributed by atoms with Crippen LogP contribution in [0.4, 0.5) is 5.13 Å². The van der Waals surface area contributed by atoms with Crippen LogP contribution in [-0.4, -0.2) is 10.9 Å². The van der Waals surface area contributed by atoms with Crippen LogP contribution in [0.2, 0.25) is 0 Å². The van der Waals surface area contributed by atoms with E-state index in [-0.39, 0.29) is 5.91 Å². The average Bonchev–Trinajstić information content (AvgIpc) is 2.80. The molecule has 1 atom stereocenters. The number of hydrogen-bond acceptors (Lipinski definition) is 4. The number of aryl methyl sites for hydroxylation is 2. The summed E-state index contributed by atoms with van der Waals surface area (Å²) in [6, 6.07) is 11.1. The molecule has 0 aliphatic heterocycles. The number of rotatable bonds is 4. The molecule has 20 heavy (non-hydrogen) atoms. The zero-order valence-corrected chi connectivity index (χ0v) is 12.2. The van der Waals surface area contributed by atoms with Gasteiger partial charge in [0.05, 0.1) is 11.8 Å². The van der Waals surface area contributed by atoms with Crippen LogP contribution in [0.15, 0.2) is 30.3 Å². The first-order valence-corrected chi connectivity index (χ1v) is 7.19. The minimum Gasteiger partial charge on any atom is -0.301 e. The Balaban J connectivity index is 2.16. The molecule has 1 aromatic heterocycles. The molecule has 0 saturated carbocycles. The average molecular weight is 285 g/mol.